The van der Waals surface area contributed by atoms with Gasteiger partial charge in [0.05, 0.1) is 11.6 Å². The van der Waals surface area contributed by atoms with E-state index in [0.29, 0.717) is 0 Å². The molecule has 4 nitrogen and oxygen atoms in total. The summed E-state index contributed by atoms with van der Waals surface area (Å²) < 4.78 is 0. The van der Waals surface area contributed by atoms with Gasteiger partial charge >= 0.3 is 0 Å². The van der Waals surface area contributed by atoms with Gasteiger partial charge in [-0.3, -0.25) is 4.79 Å². The van der Waals surface area contributed by atoms with E-state index in [4.69, 9.17) is 0 Å². The maximum Gasteiger partial charge on any atom is 0.244 e. The van der Waals surface area contributed by atoms with Crippen molar-refractivity contribution in [3.05, 3.63) is 102 Å². The molecule has 0 aromatic heterocycles. The molecule has 0 spiro atoms. The van der Waals surface area contributed by atoms with Gasteiger partial charge in [-0.15, -0.1) is 0 Å². The van der Waals surface area contributed by atoms with Gasteiger partial charge in [0, 0.05) is 25.2 Å². The second kappa shape index (κ2) is 8.15. The summed E-state index contributed by atoms with van der Waals surface area (Å²) in [4.78, 5) is 15.1. The lowest BCUT2D eigenvalue weighted by atomic mass is 9.85. The van der Waals surface area contributed by atoms with Crippen molar-refractivity contribution in [3.8, 4) is 0 Å². The standard InChI is InChI=1S/C26H27N3O/c1-19(20-14-16-23(17-15-20)29(2)3)27-28-25(30)24-18-26(24,21-10-6-4-7-11-21)22-12-8-5-9-13-22/h4-17,24H,18H2,1-3H3,(H,28,30)/b27-19-/t24-/m1/s1. The van der Waals surface area contributed by atoms with Crippen molar-refractivity contribution in [2.24, 2.45) is 11.0 Å². The maximum absolute atomic E-state index is 13.0. The van der Waals surface area contributed by atoms with Crippen molar-refractivity contribution in [2.45, 2.75) is 18.8 Å². The fourth-order valence-electron chi connectivity index (χ4n) is 4.14. The molecule has 1 saturated carbocycles. The van der Waals surface area contributed by atoms with Gasteiger partial charge in [0.1, 0.15) is 0 Å². The molecule has 3 aromatic rings. The van der Waals surface area contributed by atoms with E-state index in [9.17, 15) is 4.79 Å². The fraction of sp³-hybridized carbons (Fsp3) is 0.231. The lowest BCUT2D eigenvalue weighted by Crippen LogP contribution is -2.26. The highest BCUT2D eigenvalue weighted by Crippen LogP contribution is 2.58. The Morgan fingerprint density at radius 3 is 1.93 bits per heavy atom. The highest BCUT2D eigenvalue weighted by atomic mass is 16.2. The van der Waals surface area contributed by atoms with E-state index in [-0.39, 0.29) is 17.2 Å². The number of carbonyl (C=O) groups is 1. The van der Waals surface area contributed by atoms with Gasteiger partial charge < -0.3 is 4.90 Å². The molecule has 0 aliphatic heterocycles. The van der Waals surface area contributed by atoms with Crippen LogP contribution in [0.15, 0.2) is 90.0 Å². The van der Waals surface area contributed by atoms with Gasteiger partial charge in [-0.25, -0.2) is 5.43 Å². The minimum atomic E-state index is -0.274. The minimum absolute atomic E-state index is 0.0352. The number of rotatable bonds is 6. The second-order valence-corrected chi connectivity index (χ2v) is 8.07. The monoisotopic (exact) mass is 397 g/mol. The predicted molar refractivity (Wildman–Crippen MR) is 123 cm³/mol. The van der Waals surface area contributed by atoms with E-state index in [2.05, 4.69) is 39.7 Å². The van der Waals surface area contributed by atoms with Crippen molar-refractivity contribution in [1.29, 1.82) is 0 Å². The Morgan fingerprint density at radius 2 is 1.43 bits per heavy atom. The van der Waals surface area contributed by atoms with Crippen LogP contribution in [0.5, 0.6) is 0 Å². The molecule has 0 radical (unpaired) electrons. The normalized spacial score (nSPS) is 17.3. The van der Waals surface area contributed by atoms with Gasteiger partial charge in [-0.05, 0) is 42.2 Å². The van der Waals surface area contributed by atoms with Crippen molar-refractivity contribution < 1.29 is 4.79 Å². The van der Waals surface area contributed by atoms with Crippen molar-refractivity contribution in [3.63, 3.8) is 0 Å². The van der Waals surface area contributed by atoms with Gasteiger partial charge in [0.25, 0.3) is 0 Å². The second-order valence-electron chi connectivity index (χ2n) is 8.07. The summed E-state index contributed by atoms with van der Waals surface area (Å²) in [6.45, 7) is 1.92. The Kier molecular flexibility index (Phi) is 5.40. The van der Waals surface area contributed by atoms with Crippen LogP contribution in [0.2, 0.25) is 0 Å². The molecule has 3 aromatic carbocycles. The molecule has 1 N–H and O–H groups in total. The number of benzene rings is 3. The molecule has 1 atom stereocenters. The van der Waals surface area contributed by atoms with Crippen LogP contribution in [0.1, 0.15) is 30.0 Å². The zero-order chi connectivity index (χ0) is 21.1. The Hall–Kier alpha value is -3.40. The first-order valence-corrected chi connectivity index (χ1v) is 10.3. The van der Waals surface area contributed by atoms with E-state index in [1.165, 1.54) is 11.1 Å². The molecule has 1 aliphatic rings. The van der Waals surface area contributed by atoms with Gasteiger partial charge in [-0.1, -0.05) is 72.8 Å². The van der Waals surface area contributed by atoms with Crippen LogP contribution >= 0.6 is 0 Å². The number of hydrogen-bond donors (Lipinski definition) is 1. The number of hydrazone groups is 1. The predicted octanol–water partition coefficient (Wildman–Crippen LogP) is 4.60. The van der Waals surface area contributed by atoms with Gasteiger partial charge in [-0.2, -0.15) is 5.10 Å². The average molecular weight is 398 g/mol. The number of anilines is 1. The molecule has 0 heterocycles. The number of nitrogens with zero attached hydrogens (tertiary/aromatic N) is 2. The van der Waals surface area contributed by atoms with Crippen LogP contribution in [0.25, 0.3) is 0 Å². The van der Waals surface area contributed by atoms with Gasteiger partial charge in [0.2, 0.25) is 5.91 Å². The Labute approximate surface area is 178 Å². The molecular weight excluding hydrogens is 370 g/mol. The molecule has 0 unspecified atom stereocenters. The molecule has 4 rings (SSSR count). The number of carbonyl (C=O) groups excluding carboxylic acids is 1. The molecule has 152 valence electrons. The third kappa shape index (κ3) is 3.73. The number of amides is 1. The molecule has 0 saturated heterocycles. The summed E-state index contributed by atoms with van der Waals surface area (Å²) in [5, 5.41) is 4.39. The average Bonchev–Trinajstić information content (AvgIpc) is 3.56. The number of nitrogens with one attached hydrogen (secondary N) is 1. The Morgan fingerprint density at radius 1 is 0.900 bits per heavy atom. The first-order valence-electron chi connectivity index (χ1n) is 10.3. The highest BCUT2D eigenvalue weighted by molar-refractivity contribution is 5.99. The Bertz CT molecular complexity index is 1000. The first kappa shape index (κ1) is 19.9. The summed E-state index contributed by atoms with van der Waals surface area (Å²) in [7, 11) is 4.02. The smallest absolute Gasteiger partial charge is 0.244 e. The molecule has 1 fully saturated rings. The lowest BCUT2D eigenvalue weighted by molar-refractivity contribution is -0.122. The van der Waals surface area contributed by atoms with Crippen LogP contribution in [-0.2, 0) is 10.2 Å². The fourth-order valence-corrected chi connectivity index (χ4v) is 4.14. The van der Waals surface area contributed by atoms with Crippen LogP contribution in [-0.4, -0.2) is 25.7 Å². The summed E-state index contributed by atoms with van der Waals surface area (Å²) in [5.74, 6) is -0.165. The zero-order valence-electron chi connectivity index (χ0n) is 17.7. The number of hydrogen-bond acceptors (Lipinski definition) is 3. The van der Waals surface area contributed by atoms with E-state index < -0.39 is 0 Å². The molecular formula is C26H27N3O. The topological polar surface area (TPSA) is 44.7 Å². The molecule has 0 bridgehead atoms. The summed E-state index contributed by atoms with van der Waals surface area (Å²) >= 11 is 0. The highest BCUT2D eigenvalue weighted by Gasteiger charge is 2.60. The van der Waals surface area contributed by atoms with Crippen LogP contribution in [0, 0.1) is 5.92 Å². The van der Waals surface area contributed by atoms with E-state index in [1.54, 1.807) is 0 Å². The third-order valence-electron chi connectivity index (χ3n) is 5.99. The zero-order valence-corrected chi connectivity index (χ0v) is 17.7. The van der Waals surface area contributed by atoms with E-state index in [1.807, 2.05) is 81.7 Å². The quantitative estimate of drug-likeness (QED) is 0.488. The largest absolute Gasteiger partial charge is 0.378 e. The Balaban J connectivity index is 1.53. The molecule has 4 heteroatoms. The van der Waals surface area contributed by atoms with Crippen LogP contribution in [0.3, 0.4) is 0 Å². The van der Waals surface area contributed by atoms with Crippen molar-refractivity contribution in [2.75, 3.05) is 19.0 Å². The third-order valence-corrected chi connectivity index (χ3v) is 5.99. The van der Waals surface area contributed by atoms with Crippen LogP contribution < -0.4 is 10.3 Å². The maximum atomic E-state index is 13.0. The lowest BCUT2D eigenvalue weighted by Gasteiger charge is -2.18. The molecule has 1 amide bonds. The minimum Gasteiger partial charge on any atom is -0.378 e. The summed E-state index contributed by atoms with van der Waals surface area (Å²) in [5.41, 5.74) is 7.81. The van der Waals surface area contributed by atoms with Crippen molar-refractivity contribution in [1.82, 2.24) is 5.43 Å². The van der Waals surface area contributed by atoms with E-state index in [0.717, 1.165) is 23.4 Å². The molecule has 1 aliphatic carbocycles. The summed E-state index contributed by atoms with van der Waals surface area (Å²) in [6, 6.07) is 28.7. The molecule has 30 heavy (non-hydrogen) atoms. The van der Waals surface area contributed by atoms with Crippen molar-refractivity contribution >= 4 is 17.3 Å². The first-order chi connectivity index (χ1) is 14.5. The summed E-state index contributed by atoms with van der Waals surface area (Å²) in [6.07, 6.45) is 0.791. The van der Waals surface area contributed by atoms with Crippen LogP contribution in [0.4, 0.5) is 5.69 Å². The SMILES string of the molecule is C/C(=N/NC(=O)[C@H]1CC1(c1ccccc1)c1ccccc1)c1ccc(N(C)C)cc1. The van der Waals surface area contributed by atoms with Gasteiger partial charge in [0.15, 0.2) is 0 Å². The van der Waals surface area contributed by atoms with E-state index >= 15 is 0 Å².